The van der Waals surface area contributed by atoms with E-state index in [2.05, 4.69) is 19.2 Å². The van der Waals surface area contributed by atoms with Gasteiger partial charge in [0, 0.05) is 11.6 Å². The lowest BCUT2D eigenvalue weighted by molar-refractivity contribution is -0.918. The normalized spacial score (nSPS) is 17.0. The minimum atomic E-state index is -0.141. The molecule has 0 bridgehead atoms. The number of quaternary nitrogens is 1. The molecule has 4 nitrogen and oxygen atoms in total. The molecule has 1 aromatic carbocycles. The fourth-order valence-corrected chi connectivity index (χ4v) is 3.56. The first-order valence-corrected chi connectivity index (χ1v) is 8.98. The van der Waals surface area contributed by atoms with Crippen LogP contribution in [-0.2, 0) is 4.79 Å². The Kier molecular flexibility index (Phi) is 6.90. The maximum Gasteiger partial charge on any atom is 0.283 e. The lowest BCUT2D eigenvalue weighted by Crippen LogP contribution is -3.12. The molecular weight excluding hydrogens is 288 g/mol. The number of amides is 1. The number of likely N-dealkylation sites (N-methyl/N-ethyl adjacent to an activating group) is 1. The third-order valence-corrected chi connectivity index (χ3v) is 4.98. The summed E-state index contributed by atoms with van der Waals surface area (Å²) < 4.78 is 5.24. The third kappa shape index (κ3) is 4.71. The Morgan fingerprint density at radius 3 is 2.30 bits per heavy atom. The van der Waals surface area contributed by atoms with Crippen molar-refractivity contribution >= 4 is 5.91 Å². The van der Waals surface area contributed by atoms with Gasteiger partial charge in [-0.2, -0.15) is 0 Å². The molecule has 2 N–H and O–H groups in total. The molecule has 128 valence electrons. The van der Waals surface area contributed by atoms with Crippen LogP contribution in [0.3, 0.4) is 0 Å². The van der Waals surface area contributed by atoms with E-state index in [4.69, 9.17) is 4.74 Å². The largest absolute Gasteiger partial charge is 0.497 e. The van der Waals surface area contributed by atoms with Crippen LogP contribution in [0.4, 0.5) is 0 Å². The highest BCUT2D eigenvalue weighted by Crippen LogP contribution is 2.20. The second-order valence-corrected chi connectivity index (χ2v) is 6.42. The van der Waals surface area contributed by atoms with Gasteiger partial charge < -0.3 is 15.0 Å². The molecule has 1 unspecified atom stereocenters. The Balaban J connectivity index is 2.16. The summed E-state index contributed by atoms with van der Waals surface area (Å²) >= 11 is 0. The van der Waals surface area contributed by atoms with E-state index in [1.54, 1.807) is 7.11 Å². The van der Waals surface area contributed by atoms with Crippen LogP contribution in [0.5, 0.6) is 5.75 Å². The number of hydrogen-bond donors (Lipinski definition) is 2. The van der Waals surface area contributed by atoms with Crippen LogP contribution in [-0.4, -0.2) is 32.1 Å². The number of benzene rings is 1. The van der Waals surface area contributed by atoms with Crippen molar-refractivity contribution in [2.24, 2.45) is 0 Å². The fraction of sp³-hybridized carbons (Fsp3) is 0.632. The molecule has 1 aliphatic rings. The van der Waals surface area contributed by atoms with Crippen molar-refractivity contribution in [3.05, 3.63) is 29.8 Å². The summed E-state index contributed by atoms with van der Waals surface area (Å²) in [6.07, 6.45) is 6.01. The molecule has 0 spiro atoms. The maximum absolute atomic E-state index is 13.0. The highest BCUT2D eigenvalue weighted by atomic mass is 16.5. The van der Waals surface area contributed by atoms with E-state index in [-0.39, 0.29) is 11.9 Å². The number of carbonyl (C=O) groups is 1. The minimum Gasteiger partial charge on any atom is -0.497 e. The van der Waals surface area contributed by atoms with Gasteiger partial charge in [0.15, 0.2) is 6.04 Å². The van der Waals surface area contributed by atoms with Crippen LogP contribution < -0.4 is 15.0 Å². The molecule has 2 rings (SSSR count). The first-order valence-electron chi connectivity index (χ1n) is 8.98. The van der Waals surface area contributed by atoms with Crippen molar-refractivity contribution in [2.75, 3.05) is 20.2 Å². The molecule has 1 aliphatic carbocycles. The van der Waals surface area contributed by atoms with Crippen molar-refractivity contribution in [3.8, 4) is 5.75 Å². The van der Waals surface area contributed by atoms with Gasteiger partial charge in [-0.05, 0) is 51.0 Å². The topological polar surface area (TPSA) is 42.8 Å². The predicted molar refractivity (Wildman–Crippen MR) is 92.8 cm³/mol. The number of rotatable bonds is 7. The standard InChI is InChI=1S/C19H30N2O2/c1-4-21(5-2)18(15-11-13-17(23-3)14-12-15)19(22)20-16-9-7-6-8-10-16/h11-14,16,18H,4-10H2,1-3H3,(H,20,22)/p+1. The van der Waals surface area contributed by atoms with Crippen molar-refractivity contribution in [1.82, 2.24) is 5.32 Å². The predicted octanol–water partition coefficient (Wildman–Crippen LogP) is 2.11. The molecule has 0 aromatic heterocycles. The van der Waals surface area contributed by atoms with Gasteiger partial charge in [0.05, 0.1) is 20.2 Å². The first-order chi connectivity index (χ1) is 11.2. The van der Waals surface area contributed by atoms with E-state index >= 15 is 0 Å². The van der Waals surface area contributed by atoms with Gasteiger partial charge in [-0.1, -0.05) is 19.3 Å². The summed E-state index contributed by atoms with van der Waals surface area (Å²) in [4.78, 5) is 14.3. The van der Waals surface area contributed by atoms with E-state index in [0.29, 0.717) is 6.04 Å². The SMILES string of the molecule is CC[NH+](CC)C(C(=O)NC1CCCCC1)c1ccc(OC)cc1. The second-order valence-electron chi connectivity index (χ2n) is 6.42. The van der Waals surface area contributed by atoms with Crippen LogP contribution in [0.15, 0.2) is 24.3 Å². The maximum atomic E-state index is 13.0. The Labute approximate surface area is 140 Å². The molecule has 23 heavy (non-hydrogen) atoms. The minimum absolute atomic E-state index is 0.141. The zero-order valence-electron chi connectivity index (χ0n) is 14.7. The second kappa shape index (κ2) is 8.92. The number of methoxy groups -OCH3 is 1. The van der Waals surface area contributed by atoms with Gasteiger partial charge in [0.1, 0.15) is 5.75 Å². The summed E-state index contributed by atoms with van der Waals surface area (Å²) in [5.74, 6) is 0.996. The molecule has 1 amide bonds. The average molecular weight is 319 g/mol. The van der Waals surface area contributed by atoms with Crippen molar-refractivity contribution in [2.45, 2.75) is 58.0 Å². The smallest absolute Gasteiger partial charge is 0.283 e. The number of ether oxygens (including phenoxy) is 1. The molecule has 1 fully saturated rings. The van der Waals surface area contributed by atoms with Crippen LogP contribution >= 0.6 is 0 Å². The summed E-state index contributed by atoms with van der Waals surface area (Å²) in [6, 6.07) is 8.15. The molecule has 1 aromatic rings. The van der Waals surface area contributed by atoms with Crippen LogP contribution in [0.1, 0.15) is 57.6 Å². The highest BCUT2D eigenvalue weighted by Gasteiger charge is 2.31. The van der Waals surface area contributed by atoms with Crippen LogP contribution in [0, 0.1) is 0 Å². The molecule has 0 heterocycles. The molecule has 0 radical (unpaired) electrons. The number of hydrogen-bond acceptors (Lipinski definition) is 2. The monoisotopic (exact) mass is 319 g/mol. The van der Waals surface area contributed by atoms with Crippen LogP contribution in [0.25, 0.3) is 0 Å². The Bertz CT molecular complexity index is 477. The van der Waals surface area contributed by atoms with Gasteiger partial charge in [-0.25, -0.2) is 0 Å². The lowest BCUT2D eigenvalue weighted by atomic mass is 9.94. The van der Waals surface area contributed by atoms with Crippen molar-refractivity contribution in [3.63, 3.8) is 0 Å². The van der Waals surface area contributed by atoms with Gasteiger partial charge in [0.25, 0.3) is 5.91 Å². The van der Waals surface area contributed by atoms with E-state index in [1.165, 1.54) is 24.2 Å². The third-order valence-electron chi connectivity index (χ3n) is 4.98. The zero-order valence-corrected chi connectivity index (χ0v) is 14.7. The first kappa shape index (κ1) is 17.8. The van der Waals surface area contributed by atoms with Crippen LogP contribution in [0.2, 0.25) is 0 Å². The molecular formula is C19H31N2O2+. The Hall–Kier alpha value is -1.55. The molecule has 1 atom stereocenters. The molecule has 1 saturated carbocycles. The molecule has 4 heteroatoms. The van der Waals surface area contributed by atoms with Gasteiger partial charge in [-0.15, -0.1) is 0 Å². The van der Waals surface area contributed by atoms with E-state index in [9.17, 15) is 4.79 Å². The van der Waals surface area contributed by atoms with Gasteiger partial charge >= 0.3 is 0 Å². The highest BCUT2D eigenvalue weighted by molar-refractivity contribution is 5.82. The van der Waals surface area contributed by atoms with Gasteiger partial charge in [-0.3, -0.25) is 4.79 Å². The average Bonchev–Trinajstić information content (AvgIpc) is 2.60. The van der Waals surface area contributed by atoms with Crippen molar-refractivity contribution in [1.29, 1.82) is 0 Å². The summed E-state index contributed by atoms with van der Waals surface area (Å²) in [7, 11) is 1.66. The number of carbonyl (C=O) groups excluding carboxylic acids is 1. The summed E-state index contributed by atoms with van der Waals surface area (Å²) in [6.45, 7) is 6.16. The molecule has 0 saturated heterocycles. The van der Waals surface area contributed by atoms with Gasteiger partial charge in [0.2, 0.25) is 0 Å². The Morgan fingerprint density at radius 1 is 1.17 bits per heavy atom. The zero-order chi connectivity index (χ0) is 16.7. The van der Waals surface area contributed by atoms with E-state index in [0.717, 1.165) is 37.2 Å². The van der Waals surface area contributed by atoms with E-state index < -0.39 is 0 Å². The summed E-state index contributed by atoms with van der Waals surface area (Å²) in [5.41, 5.74) is 1.07. The molecule has 0 aliphatic heterocycles. The summed E-state index contributed by atoms with van der Waals surface area (Å²) in [5, 5.41) is 3.30. The lowest BCUT2D eigenvalue weighted by Gasteiger charge is -2.29. The van der Waals surface area contributed by atoms with E-state index in [1.807, 2.05) is 24.3 Å². The van der Waals surface area contributed by atoms with Crippen molar-refractivity contribution < 1.29 is 14.4 Å². The Morgan fingerprint density at radius 2 is 1.78 bits per heavy atom. The quantitative estimate of drug-likeness (QED) is 0.808. The number of nitrogens with one attached hydrogen (secondary N) is 2. The fourth-order valence-electron chi connectivity index (χ4n) is 3.56.